The predicted molar refractivity (Wildman–Crippen MR) is 82.7 cm³/mol. The average molecular weight is 354 g/mol. The fourth-order valence-electron chi connectivity index (χ4n) is 1.77. The van der Waals surface area contributed by atoms with Gasteiger partial charge in [-0.25, -0.2) is 13.6 Å². The lowest BCUT2D eigenvalue weighted by Gasteiger charge is -2.13. The van der Waals surface area contributed by atoms with E-state index in [1.54, 1.807) is 5.38 Å². The Morgan fingerprint density at radius 1 is 1.21 bits per heavy atom. The number of ether oxygens (including phenoxy) is 1. The van der Waals surface area contributed by atoms with Crippen molar-refractivity contribution >= 4 is 34.1 Å². The van der Waals surface area contributed by atoms with E-state index in [1.165, 1.54) is 13.0 Å². The molecule has 1 aromatic carbocycles. The summed E-state index contributed by atoms with van der Waals surface area (Å²) in [5, 5.41) is 4.18. The molecule has 0 radical (unpaired) electrons. The van der Waals surface area contributed by atoms with Crippen LogP contribution in [0.2, 0.25) is 0 Å². The van der Waals surface area contributed by atoms with Crippen molar-refractivity contribution in [1.29, 1.82) is 0 Å². The van der Waals surface area contributed by atoms with Crippen LogP contribution in [-0.2, 0) is 9.53 Å². The molecule has 0 bridgehead atoms. The predicted octanol–water partition coefficient (Wildman–Crippen LogP) is 2.31. The second kappa shape index (κ2) is 7.18. The van der Waals surface area contributed by atoms with Gasteiger partial charge in [-0.2, -0.15) is 0 Å². The van der Waals surface area contributed by atoms with Crippen LogP contribution in [0.25, 0.3) is 0 Å². The van der Waals surface area contributed by atoms with Crippen molar-refractivity contribution in [1.82, 2.24) is 0 Å². The van der Waals surface area contributed by atoms with E-state index >= 15 is 0 Å². The maximum Gasteiger partial charge on any atom is 0.339 e. The number of esters is 1. The van der Waals surface area contributed by atoms with Gasteiger partial charge in [0.15, 0.2) is 6.10 Å². The lowest BCUT2D eigenvalue weighted by molar-refractivity contribution is -0.123. The highest BCUT2D eigenvalue weighted by Gasteiger charge is 2.22. The largest absolute Gasteiger partial charge is 0.449 e. The molecule has 0 saturated carbocycles. The molecular formula is C15H12F2N2O4S. The first-order valence-corrected chi connectivity index (χ1v) is 7.51. The first-order valence-electron chi connectivity index (χ1n) is 6.63. The third-order valence-electron chi connectivity index (χ3n) is 2.92. The van der Waals surface area contributed by atoms with Crippen LogP contribution in [0.1, 0.15) is 27.6 Å². The minimum absolute atomic E-state index is 0.124. The van der Waals surface area contributed by atoms with Gasteiger partial charge in [0.2, 0.25) is 0 Å². The molecule has 126 valence electrons. The number of primary amides is 1. The molecule has 6 nitrogen and oxygen atoms in total. The summed E-state index contributed by atoms with van der Waals surface area (Å²) in [6.45, 7) is 1.28. The number of nitrogens with one attached hydrogen (secondary N) is 1. The minimum atomic E-state index is -1.26. The summed E-state index contributed by atoms with van der Waals surface area (Å²) in [7, 11) is 0. The first kappa shape index (κ1) is 17.5. The van der Waals surface area contributed by atoms with Crippen molar-refractivity contribution in [2.75, 3.05) is 5.32 Å². The van der Waals surface area contributed by atoms with Gasteiger partial charge in [0.25, 0.3) is 11.8 Å². The van der Waals surface area contributed by atoms with Crippen LogP contribution in [0, 0.1) is 11.6 Å². The molecule has 0 fully saturated rings. The molecule has 1 aromatic heterocycles. The highest BCUT2D eigenvalue weighted by Crippen LogP contribution is 2.23. The number of carbonyl (C=O) groups excluding carboxylic acids is 3. The van der Waals surface area contributed by atoms with Crippen molar-refractivity contribution in [3.63, 3.8) is 0 Å². The van der Waals surface area contributed by atoms with E-state index in [0.717, 1.165) is 23.5 Å². The Morgan fingerprint density at radius 2 is 1.83 bits per heavy atom. The third kappa shape index (κ3) is 4.13. The number of hydrogen-bond acceptors (Lipinski definition) is 5. The van der Waals surface area contributed by atoms with Crippen molar-refractivity contribution in [3.8, 4) is 0 Å². The summed E-state index contributed by atoms with van der Waals surface area (Å²) in [4.78, 5) is 35.0. The number of rotatable bonds is 5. The minimum Gasteiger partial charge on any atom is -0.449 e. The van der Waals surface area contributed by atoms with E-state index in [0.29, 0.717) is 6.07 Å². The molecule has 2 amide bonds. The molecule has 1 heterocycles. The van der Waals surface area contributed by atoms with Gasteiger partial charge in [-0.05, 0) is 30.5 Å². The van der Waals surface area contributed by atoms with E-state index < -0.39 is 35.5 Å². The second-order valence-corrected chi connectivity index (χ2v) is 5.64. The van der Waals surface area contributed by atoms with Crippen LogP contribution in [0.5, 0.6) is 0 Å². The lowest BCUT2D eigenvalue weighted by atomic mass is 10.2. The standard InChI is InChI=1S/C15H12F2N2O4S/c1-7(13(21)19-14-11(12(18)20)2-3-24-14)23-15(22)8-4-9(16)6-10(17)5-8/h2-7H,1H3,(H2,18,20)(H,19,21). The van der Waals surface area contributed by atoms with Gasteiger partial charge < -0.3 is 15.8 Å². The molecule has 9 heteroatoms. The maximum absolute atomic E-state index is 13.1. The van der Waals surface area contributed by atoms with Crippen LogP contribution in [0.3, 0.4) is 0 Å². The van der Waals surface area contributed by atoms with E-state index in [4.69, 9.17) is 10.5 Å². The fraction of sp³-hybridized carbons (Fsp3) is 0.133. The molecule has 0 spiro atoms. The molecule has 1 unspecified atom stereocenters. The Kier molecular flexibility index (Phi) is 5.24. The smallest absolute Gasteiger partial charge is 0.339 e. The van der Waals surface area contributed by atoms with Gasteiger partial charge in [0.05, 0.1) is 11.1 Å². The normalized spacial score (nSPS) is 11.6. The van der Waals surface area contributed by atoms with E-state index in [9.17, 15) is 23.2 Å². The zero-order valence-corrected chi connectivity index (χ0v) is 13.2. The van der Waals surface area contributed by atoms with Crippen molar-refractivity contribution in [2.24, 2.45) is 5.73 Å². The average Bonchev–Trinajstić information content (AvgIpc) is 2.94. The van der Waals surface area contributed by atoms with Crippen molar-refractivity contribution in [3.05, 3.63) is 52.4 Å². The molecule has 0 saturated heterocycles. The number of amides is 2. The Bertz CT molecular complexity index is 786. The van der Waals surface area contributed by atoms with E-state index in [-0.39, 0.29) is 16.1 Å². The topological polar surface area (TPSA) is 98.5 Å². The Balaban J connectivity index is 2.04. The number of halogens is 2. The molecular weight excluding hydrogens is 342 g/mol. The first-order chi connectivity index (χ1) is 11.3. The highest BCUT2D eigenvalue weighted by molar-refractivity contribution is 7.14. The molecule has 2 rings (SSSR count). The molecule has 24 heavy (non-hydrogen) atoms. The zero-order chi connectivity index (χ0) is 17.9. The molecule has 0 aliphatic carbocycles. The highest BCUT2D eigenvalue weighted by atomic mass is 32.1. The summed E-state index contributed by atoms with van der Waals surface area (Å²) in [6, 6.07) is 3.63. The number of carbonyl (C=O) groups is 3. The van der Waals surface area contributed by atoms with Crippen LogP contribution in [-0.4, -0.2) is 23.9 Å². The Hall–Kier alpha value is -2.81. The molecule has 0 aliphatic rings. The molecule has 1 atom stereocenters. The van der Waals surface area contributed by atoms with Gasteiger partial charge in [0, 0.05) is 6.07 Å². The SMILES string of the molecule is CC(OC(=O)c1cc(F)cc(F)c1)C(=O)Nc1sccc1C(N)=O. The number of anilines is 1. The summed E-state index contributed by atoms with van der Waals surface area (Å²) in [5.74, 6) is -4.37. The summed E-state index contributed by atoms with van der Waals surface area (Å²) < 4.78 is 31.0. The maximum atomic E-state index is 13.1. The number of benzene rings is 1. The van der Waals surface area contributed by atoms with Crippen LogP contribution < -0.4 is 11.1 Å². The van der Waals surface area contributed by atoms with Crippen LogP contribution in [0.4, 0.5) is 13.8 Å². The van der Waals surface area contributed by atoms with Crippen LogP contribution in [0.15, 0.2) is 29.6 Å². The van der Waals surface area contributed by atoms with Gasteiger partial charge in [0.1, 0.15) is 16.6 Å². The summed E-state index contributed by atoms with van der Waals surface area (Å²) >= 11 is 1.07. The van der Waals surface area contributed by atoms with Gasteiger partial charge in [-0.3, -0.25) is 9.59 Å². The monoisotopic (exact) mass is 354 g/mol. The summed E-state index contributed by atoms with van der Waals surface area (Å²) in [6.07, 6.45) is -1.26. The van der Waals surface area contributed by atoms with Crippen LogP contribution >= 0.6 is 11.3 Å². The van der Waals surface area contributed by atoms with Crippen molar-refractivity contribution in [2.45, 2.75) is 13.0 Å². The third-order valence-corrected chi connectivity index (χ3v) is 3.75. The summed E-state index contributed by atoms with van der Waals surface area (Å²) in [5.41, 5.74) is 4.92. The Morgan fingerprint density at radius 3 is 2.42 bits per heavy atom. The number of nitrogens with two attached hydrogens (primary N) is 1. The lowest BCUT2D eigenvalue weighted by Crippen LogP contribution is -2.30. The van der Waals surface area contributed by atoms with Gasteiger partial charge in [-0.15, -0.1) is 11.3 Å². The van der Waals surface area contributed by atoms with Crippen molar-refractivity contribution < 1.29 is 27.9 Å². The number of thiophene rings is 1. The molecule has 0 aliphatic heterocycles. The fourth-order valence-corrected chi connectivity index (χ4v) is 2.56. The zero-order valence-electron chi connectivity index (χ0n) is 12.3. The Labute approximate surface area is 139 Å². The van der Waals surface area contributed by atoms with E-state index in [1.807, 2.05) is 0 Å². The number of hydrogen-bond donors (Lipinski definition) is 2. The molecule has 3 N–H and O–H groups in total. The van der Waals surface area contributed by atoms with E-state index in [2.05, 4.69) is 5.32 Å². The van der Waals surface area contributed by atoms with Gasteiger partial charge >= 0.3 is 5.97 Å². The quantitative estimate of drug-likeness (QED) is 0.805. The molecule has 2 aromatic rings. The van der Waals surface area contributed by atoms with Gasteiger partial charge in [-0.1, -0.05) is 0 Å². The second-order valence-electron chi connectivity index (χ2n) is 4.72.